The molecular weight excluding hydrogens is 322 g/mol. The molecule has 0 spiro atoms. The Balaban J connectivity index is 1.44. The Morgan fingerprint density at radius 2 is 1.88 bits per heavy atom. The maximum Gasteiger partial charge on any atom is 0.232 e. The van der Waals surface area contributed by atoms with Crippen LogP contribution in [0, 0.1) is 17.8 Å². The van der Waals surface area contributed by atoms with Crippen LogP contribution in [0.15, 0.2) is 11.6 Å². The van der Waals surface area contributed by atoms with Crippen molar-refractivity contribution in [1.29, 1.82) is 0 Å². The predicted molar refractivity (Wildman–Crippen MR) is 106 cm³/mol. The molecule has 26 heavy (non-hydrogen) atoms. The molecule has 1 amide bonds. The van der Waals surface area contributed by atoms with Gasteiger partial charge in [-0.15, -0.1) is 0 Å². The highest BCUT2D eigenvalue weighted by Gasteiger charge is 2.42. The third kappa shape index (κ3) is 3.87. The fourth-order valence-electron chi connectivity index (χ4n) is 5.80. The van der Waals surface area contributed by atoms with Crippen molar-refractivity contribution in [2.45, 2.75) is 89.8 Å². The number of rotatable bonds is 3. The van der Waals surface area contributed by atoms with E-state index in [2.05, 4.69) is 35.5 Å². The number of piperidine rings is 1. The molecular formula is C22H37N3O. The van der Waals surface area contributed by atoms with Crippen LogP contribution in [0.2, 0.25) is 0 Å². The lowest BCUT2D eigenvalue weighted by Crippen LogP contribution is -2.62. The van der Waals surface area contributed by atoms with Crippen LogP contribution >= 0.6 is 0 Å². The van der Waals surface area contributed by atoms with Crippen LogP contribution in [0.4, 0.5) is 0 Å². The summed E-state index contributed by atoms with van der Waals surface area (Å²) >= 11 is 0. The predicted octanol–water partition coefficient (Wildman–Crippen LogP) is 3.44. The normalized spacial score (nSPS) is 39.5. The van der Waals surface area contributed by atoms with Crippen LogP contribution in [-0.2, 0) is 4.79 Å². The van der Waals surface area contributed by atoms with Crippen molar-refractivity contribution < 1.29 is 4.79 Å². The van der Waals surface area contributed by atoms with E-state index in [4.69, 9.17) is 0 Å². The highest BCUT2D eigenvalue weighted by Crippen LogP contribution is 2.37. The van der Waals surface area contributed by atoms with Gasteiger partial charge in [0, 0.05) is 18.1 Å². The van der Waals surface area contributed by atoms with E-state index in [0.29, 0.717) is 30.0 Å². The van der Waals surface area contributed by atoms with Gasteiger partial charge < -0.3 is 10.2 Å². The third-order valence-corrected chi connectivity index (χ3v) is 7.39. The van der Waals surface area contributed by atoms with E-state index in [1.54, 1.807) is 5.57 Å². The molecule has 2 aliphatic heterocycles. The molecule has 2 aliphatic carbocycles. The van der Waals surface area contributed by atoms with Gasteiger partial charge in [-0.2, -0.15) is 0 Å². The lowest BCUT2D eigenvalue weighted by atomic mass is 9.74. The number of allylic oxidation sites excluding steroid dienone is 1. The zero-order valence-electron chi connectivity index (χ0n) is 16.7. The van der Waals surface area contributed by atoms with Gasteiger partial charge in [-0.1, -0.05) is 37.8 Å². The third-order valence-electron chi connectivity index (χ3n) is 7.39. The average Bonchev–Trinajstić information content (AvgIpc) is 2.65. The van der Waals surface area contributed by atoms with Crippen molar-refractivity contribution in [3.8, 4) is 0 Å². The minimum atomic E-state index is 0.0694. The molecule has 5 unspecified atom stereocenters. The van der Waals surface area contributed by atoms with Crippen molar-refractivity contribution >= 4 is 5.91 Å². The molecule has 4 heteroatoms. The van der Waals surface area contributed by atoms with Crippen molar-refractivity contribution in [3.63, 3.8) is 0 Å². The van der Waals surface area contributed by atoms with Crippen LogP contribution in [0.1, 0.15) is 71.6 Å². The summed E-state index contributed by atoms with van der Waals surface area (Å²) in [6.07, 6.45) is 13.6. The number of hydrogen-bond acceptors (Lipinski definition) is 3. The molecule has 3 fully saturated rings. The summed E-state index contributed by atoms with van der Waals surface area (Å²) in [5.41, 5.74) is 1.54. The number of hydrogen-bond donors (Lipinski definition) is 2. The van der Waals surface area contributed by atoms with Gasteiger partial charge in [0.15, 0.2) is 0 Å². The van der Waals surface area contributed by atoms with Gasteiger partial charge in [-0.25, -0.2) is 0 Å². The van der Waals surface area contributed by atoms with Crippen molar-refractivity contribution in [2.24, 2.45) is 17.8 Å². The van der Waals surface area contributed by atoms with Crippen LogP contribution in [0.5, 0.6) is 0 Å². The van der Waals surface area contributed by atoms with E-state index in [1.165, 1.54) is 51.4 Å². The molecule has 0 aromatic heterocycles. The molecule has 4 nitrogen and oxygen atoms in total. The summed E-state index contributed by atoms with van der Waals surface area (Å²) in [5.74, 6) is 1.79. The number of fused-ring (bicyclic) bond motifs is 1. The Bertz CT molecular complexity index is 532. The SMILES string of the molecule is CC1CCC(CC2=CC3C(=O)N(C4CCCCC4)CNC3C(C)C2)CN1. The number of carbonyl (C=O) groups is 1. The molecule has 2 N–H and O–H groups in total. The molecule has 4 rings (SSSR count). The van der Waals surface area contributed by atoms with E-state index < -0.39 is 0 Å². The van der Waals surface area contributed by atoms with E-state index in [0.717, 1.165) is 25.6 Å². The summed E-state index contributed by atoms with van der Waals surface area (Å²) < 4.78 is 0. The molecule has 1 saturated carbocycles. The van der Waals surface area contributed by atoms with Crippen LogP contribution < -0.4 is 10.6 Å². The molecule has 146 valence electrons. The summed E-state index contributed by atoms with van der Waals surface area (Å²) in [5, 5.41) is 7.36. The Morgan fingerprint density at radius 3 is 2.62 bits per heavy atom. The maximum atomic E-state index is 13.3. The smallest absolute Gasteiger partial charge is 0.232 e. The molecule has 0 aromatic carbocycles. The number of amides is 1. The molecule has 0 radical (unpaired) electrons. The van der Waals surface area contributed by atoms with Crippen molar-refractivity contribution in [1.82, 2.24) is 15.5 Å². The van der Waals surface area contributed by atoms with E-state index in [9.17, 15) is 4.79 Å². The Morgan fingerprint density at radius 1 is 1.08 bits per heavy atom. The Labute approximate surface area is 159 Å². The molecule has 4 aliphatic rings. The monoisotopic (exact) mass is 359 g/mol. The van der Waals surface area contributed by atoms with Crippen LogP contribution in [0.3, 0.4) is 0 Å². The van der Waals surface area contributed by atoms with Crippen LogP contribution in [0.25, 0.3) is 0 Å². The van der Waals surface area contributed by atoms with Gasteiger partial charge in [0.1, 0.15) is 0 Å². The molecule has 5 atom stereocenters. The second kappa shape index (κ2) is 8.02. The van der Waals surface area contributed by atoms with E-state index in [1.807, 2.05) is 0 Å². The highest BCUT2D eigenvalue weighted by atomic mass is 16.2. The van der Waals surface area contributed by atoms with E-state index >= 15 is 0 Å². The fourth-order valence-corrected chi connectivity index (χ4v) is 5.80. The zero-order valence-corrected chi connectivity index (χ0v) is 16.7. The first-order valence-electron chi connectivity index (χ1n) is 11.1. The Kier molecular flexibility index (Phi) is 5.70. The molecule has 2 saturated heterocycles. The maximum absolute atomic E-state index is 13.3. The average molecular weight is 360 g/mol. The van der Waals surface area contributed by atoms with Crippen molar-refractivity contribution in [3.05, 3.63) is 11.6 Å². The van der Waals surface area contributed by atoms with Gasteiger partial charge in [-0.3, -0.25) is 10.1 Å². The standard InChI is InChI=1S/C22H37N3O/c1-15-10-18(11-17-9-8-16(2)23-13-17)12-20-21(15)24-14-25(22(20)26)19-6-4-3-5-7-19/h12,15-17,19-21,23-24H,3-11,13-14H2,1-2H3. The highest BCUT2D eigenvalue weighted by molar-refractivity contribution is 5.83. The first kappa shape index (κ1) is 18.5. The second-order valence-electron chi connectivity index (χ2n) is 9.48. The quantitative estimate of drug-likeness (QED) is 0.759. The first-order valence-corrected chi connectivity index (χ1v) is 11.1. The lowest BCUT2D eigenvalue weighted by Gasteiger charge is -2.46. The van der Waals surface area contributed by atoms with Gasteiger partial charge in [0.25, 0.3) is 0 Å². The topological polar surface area (TPSA) is 44.4 Å². The number of nitrogens with one attached hydrogen (secondary N) is 2. The summed E-state index contributed by atoms with van der Waals surface area (Å²) in [4.78, 5) is 15.5. The molecule has 0 bridgehead atoms. The summed E-state index contributed by atoms with van der Waals surface area (Å²) in [6, 6.07) is 1.49. The fraction of sp³-hybridized carbons (Fsp3) is 0.864. The van der Waals surface area contributed by atoms with Gasteiger partial charge >= 0.3 is 0 Å². The summed E-state index contributed by atoms with van der Waals surface area (Å²) in [6.45, 7) is 6.53. The largest absolute Gasteiger partial charge is 0.326 e. The zero-order chi connectivity index (χ0) is 18.1. The number of carbonyl (C=O) groups excluding carboxylic acids is 1. The molecule has 0 aromatic rings. The summed E-state index contributed by atoms with van der Waals surface area (Å²) in [7, 11) is 0. The van der Waals surface area contributed by atoms with Gasteiger partial charge in [-0.05, 0) is 63.8 Å². The van der Waals surface area contributed by atoms with Crippen LogP contribution in [-0.4, -0.2) is 42.1 Å². The molecule has 2 heterocycles. The van der Waals surface area contributed by atoms with Gasteiger partial charge in [0.05, 0.1) is 12.6 Å². The van der Waals surface area contributed by atoms with Crippen molar-refractivity contribution in [2.75, 3.05) is 13.2 Å². The lowest BCUT2D eigenvalue weighted by molar-refractivity contribution is -0.143. The number of nitrogens with zero attached hydrogens (tertiary/aromatic N) is 1. The second-order valence-corrected chi connectivity index (χ2v) is 9.48. The van der Waals surface area contributed by atoms with Gasteiger partial charge in [0.2, 0.25) is 5.91 Å². The first-order chi connectivity index (χ1) is 12.6. The van der Waals surface area contributed by atoms with E-state index in [-0.39, 0.29) is 5.92 Å². The minimum Gasteiger partial charge on any atom is -0.326 e. The Hall–Kier alpha value is -0.870. The minimum absolute atomic E-state index is 0.0694.